The molecule has 172 valence electrons. The first-order valence-corrected chi connectivity index (χ1v) is 11.8. The Hall–Kier alpha value is -3.72. The van der Waals surface area contributed by atoms with Crippen LogP contribution in [-0.2, 0) is 14.8 Å². The van der Waals surface area contributed by atoms with Crippen molar-refractivity contribution in [2.24, 2.45) is 0 Å². The number of methoxy groups -OCH3 is 1. The number of sulfonamides is 1. The summed E-state index contributed by atoms with van der Waals surface area (Å²) in [5.74, 6) is 1.13. The van der Waals surface area contributed by atoms with Gasteiger partial charge in [-0.25, -0.2) is 8.42 Å². The first-order chi connectivity index (χ1) is 15.9. The van der Waals surface area contributed by atoms with E-state index in [0.29, 0.717) is 28.6 Å². The van der Waals surface area contributed by atoms with E-state index in [1.165, 1.54) is 23.5 Å². The highest BCUT2D eigenvalue weighted by molar-refractivity contribution is 7.92. The molecule has 0 bridgehead atoms. The highest BCUT2D eigenvalue weighted by Crippen LogP contribution is 2.36. The van der Waals surface area contributed by atoms with E-state index in [9.17, 15) is 13.2 Å². The van der Waals surface area contributed by atoms with Crippen LogP contribution >= 0.6 is 0 Å². The number of benzene rings is 3. The second-order valence-electron chi connectivity index (χ2n) is 7.44. The van der Waals surface area contributed by atoms with Crippen LogP contribution in [0, 0.1) is 0 Å². The third kappa shape index (κ3) is 4.88. The van der Waals surface area contributed by atoms with Gasteiger partial charge in [-0.05, 0) is 55.5 Å². The highest BCUT2D eigenvalue weighted by atomic mass is 32.2. The molecule has 0 fully saturated rings. The summed E-state index contributed by atoms with van der Waals surface area (Å²) in [6, 6.07) is 20.1. The number of hydrogen-bond acceptors (Lipinski definition) is 6. The van der Waals surface area contributed by atoms with E-state index in [-0.39, 0.29) is 30.1 Å². The largest absolute Gasteiger partial charge is 0.493 e. The van der Waals surface area contributed by atoms with Gasteiger partial charge in [-0.3, -0.25) is 9.10 Å². The molecule has 4 rings (SSSR count). The van der Waals surface area contributed by atoms with Gasteiger partial charge in [0.15, 0.2) is 18.1 Å². The minimum Gasteiger partial charge on any atom is -0.493 e. The zero-order valence-corrected chi connectivity index (χ0v) is 19.0. The Bertz CT molecular complexity index is 1240. The molecule has 0 radical (unpaired) electrons. The zero-order chi connectivity index (χ0) is 23.4. The fraction of sp³-hybridized carbons (Fsp3) is 0.208. The number of nitrogens with zero attached hydrogens (tertiary/aromatic N) is 1. The molecule has 8 nitrogen and oxygen atoms in total. The third-order valence-corrected chi connectivity index (χ3v) is 6.83. The quantitative estimate of drug-likeness (QED) is 0.568. The number of hydrogen-bond donors (Lipinski definition) is 1. The molecule has 0 aliphatic carbocycles. The average molecular weight is 469 g/mol. The van der Waals surface area contributed by atoms with Crippen LogP contribution in [0.3, 0.4) is 0 Å². The molecule has 9 heteroatoms. The summed E-state index contributed by atoms with van der Waals surface area (Å²) >= 11 is 0. The smallest absolute Gasteiger partial charge is 0.264 e. The maximum atomic E-state index is 13.3. The third-order valence-electron chi connectivity index (χ3n) is 5.04. The molecule has 0 aromatic heterocycles. The second kappa shape index (κ2) is 9.41. The minimum atomic E-state index is -3.81. The molecule has 0 saturated carbocycles. The number of carbonyl (C=O) groups is 1. The molecular formula is C24H24N2O6S. The Kier molecular flexibility index (Phi) is 6.41. The molecule has 3 aromatic carbocycles. The topological polar surface area (TPSA) is 94.2 Å². The van der Waals surface area contributed by atoms with Gasteiger partial charge in [0, 0.05) is 5.69 Å². The molecule has 1 amide bonds. The summed E-state index contributed by atoms with van der Waals surface area (Å²) in [5, 5.41) is 2.70. The van der Waals surface area contributed by atoms with Crippen molar-refractivity contribution >= 4 is 27.3 Å². The number of para-hydroxylation sites is 4. The molecule has 1 atom stereocenters. The van der Waals surface area contributed by atoms with Crippen molar-refractivity contribution in [1.82, 2.24) is 0 Å². The maximum Gasteiger partial charge on any atom is 0.264 e. The SMILES string of the molecule is COc1ccccc1OCC(=O)Nc1ccc(S(=O)(=O)N2CC(C)Oc3ccccc32)cc1. The Labute approximate surface area is 192 Å². The number of ether oxygens (including phenoxy) is 3. The van der Waals surface area contributed by atoms with Gasteiger partial charge in [0.1, 0.15) is 11.9 Å². The average Bonchev–Trinajstić information content (AvgIpc) is 2.82. The zero-order valence-electron chi connectivity index (χ0n) is 18.2. The number of amides is 1. The first-order valence-electron chi connectivity index (χ1n) is 10.3. The summed E-state index contributed by atoms with van der Waals surface area (Å²) in [6.45, 7) is 1.81. The standard InChI is InChI=1S/C24H24N2O6S/c1-17-15-26(20-7-3-4-8-21(20)32-17)33(28,29)19-13-11-18(12-14-19)25-24(27)16-31-23-10-6-5-9-22(23)30-2/h3-14,17H,15-16H2,1-2H3,(H,25,27). The van der Waals surface area contributed by atoms with E-state index < -0.39 is 10.0 Å². The summed E-state index contributed by atoms with van der Waals surface area (Å²) in [5.41, 5.74) is 0.958. The first kappa shape index (κ1) is 22.5. The van der Waals surface area contributed by atoms with Crippen molar-refractivity contribution < 1.29 is 27.4 Å². The van der Waals surface area contributed by atoms with E-state index in [0.717, 1.165) is 0 Å². The number of nitrogens with one attached hydrogen (secondary N) is 1. The van der Waals surface area contributed by atoms with Gasteiger partial charge in [-0.1, -0.05) is 24.3 Å². The van der Waals surface area contributed by atoms with Crippen molar-refractivity contribution in [2.45, 2.75) is 17.9 Å². The van der Waals surface area contributed by atoms with Crippen LogP contribution in [0.2, 0.25) is 0 Å². The monoisotopic (exact) mass is 468 g/mol. The van der Waals surface area contributed by atoms with Gasteiger partial charge in [-0.15, -0.1) is 0 Å². The molecule has 3 aromatic rings. The predicted molar refractivity (Wildman–Crippen MR) is 125 cm³/mol. The molecule has 1 heterocycles. The highest BCUT2D eigenvalue weighted by Gasteiger charge is 2.32. The van der Waals surface area contributed by atoms with Gasteiger partial charge in [-0.2, -0.15) is 0 Å². The number of carbonyl (C=O) groups excluding carboxylic acids is 1. The number of fused-ring (bicyclic) bond motifs is 1. The summed E-state index contributed by atoms with van der Waals surface area (Å²) < 4.78 is 44.4. The Balaban J connectivity index is 1.44. The van der Waals surface area contributed by atoms with Crippen molar-refractivity contribution in [2.75, 3.05) is 29.9 Å². The summed E-state index contributed by atoms with van der Waals surface area (Å²) in [4.78, 5) is 12.4. The molecule has 0 spiro atoms. The molecule has 1 aliphatic heterocycles. The second-order valence-corrected chi connectivity index (χ2v) is 9.31. The van der Waals surface area contributed by atoms with Crippen LogP contribution in [-0.4, -0.2) is 40.7 Å². The van der Waals surface area contributed by atoms with E-state index in [2.05, 4.69) is 5.32 Å². The van der Waals surface area contributed by atoms with E-state index >= 15 is 0 Å². The van der Waals surface area contributed by atoms with Gasteiger partial charge in [0.05, 0.1) is 24.2 Å². The Morgan fingerprint density at radius 2 is 1.70 bits per heavy atom. The van der Waals surface area contributed by atoms with Gasteiger partial charge < -0.3 is 19.5 Å². The number of anilines is 2. The van der Waals surface area contributed by atoms with Gasteiger partial charge >= 0.3 is 0 Å². The van der Waals surface area contributed by atoms with Crippen LogP contribution in [0.4, 0.5) is 11.4 Å². The Morgan fingerprint density at radius 3 is 2.42 bits per heavy atom. The fourth-order valence-electron chi connectivity index (χ4n) is 3.49. The van der Waals surface area contributed by atoms with Gasteiger partial charge in [0.25, 0.3) is 15.9 Å². The molecule has 1 aliphatic rings. The van der Waals surface area contributed by atoms with Crippen LogP contribution in [0.15, 0.2) is 77.7 Å². The lowest BCUT2D eigenvalue weighted by Crippen LogP contribution is -2.42. The van der Waals surface area contributed by atoms with Crippen LogP contribution < -0.4 is 23.8 Å². The van der Waals surface area contributed by atoms with Gasteiger partial charge in [0.2, 0.25) is 0 Å². The van der Waals surface area contributed by atoms with Crippen molar-refractivity contribution in [3.63, 3.8) is 0 Å². The van der Waals surface area contributed by atoms with Crippen LogP contribution in [0.1, 0.15) is 6.92 Å². The fourth-order valence-corrected chi connectivity index (χ4v) is 5.04. The Morgan fingerprint density at radius 1 is 1.03 bits per heavy atom. The molecule has 0 saturated heterocycles. The van der Waals surface area contributed by atoms with E-state index in [1.54, 1.807) is 60.7 Å². The summed E-state index contributed by atoms with van der Waals surface area (Å²) in [7, 11) is -2.28. The lowest BCUT2D eigenvalue weighted by molar-refractivity contribution is -0.118. The van der Waals surface area contributed by atoms with Crippen molar-refractivity contribution in [3.05, 3.63) is 72.8 Å². The number of rotatable bonds is 7. The molecular weight excluding hydrogens is 444 g/mol. The molecule has 1 N–H and O–H groups in total. The van der Waals surface area contributed by atoms with Crippen molar-refractivity contribution in [3.8, 4) is 17.2 Å². The lowest BCUT2D eigenvalue weighted by atomic mass is 10.2. The minimum absolute atomic E-state index is 0.120. The lowest BCUT2D eigenvalue weighted by Gasteiger charge is -2.34. The van der Waals surface area contributed by atoms with Crippen molar-refractivity contribution in [1.29, 1.82) is 0 Å². The normalized spacial score (nSPS) is 15.2. The maximum absolute atomic E-state index is 13.3. The van der Waals surface area contributed by atoms with Crippen LogP contribution in [0.25, 0.3) is 0 Å². The summed E-state index contributed by atoms with van der Waals surface area (Å²) in [6.07, 6.45) is -0.281. The van der Waals surface area contributed by atoms with E-state index in [1.807, 2.05) is 6.92 Å². The van der Waals surface area contributed by atoms with Crippen LogP contribution in [0.5, 0.6) is 17.2 Å². The molecule has 1 unspecified atom stereocenters. The molecule has 33 heavy (non-hydrogen) atoms. The predicted octanol–water partition coefficient (Wildman–Crippen LogP) is 3.69. The van der Waals surface area contributed by atoms with E-state index in [4.69, 9.17) is 14.2 Å².